The molecule has 1 fully saturated rings. The van der Waals surface area contributed by atoms with E-state index in [-0.39, 0.29) is 0 Å². The largest absolute Gasteiger partial charge is 0.382 e. The first-order valence-electron chi connectivity index (χ1n) is 4.93. The highest BCUT2D eigenvalue weighted by molar-refractivity contribution is 5.10. The second-order valence-electron chi connectivity index (χ2n) is 3.94. The van der Waals surface area contributed by atoms with Crippen molar-refractivity contribution in [1.82, 2.24) is 15.3 Å². The average Bonchev–Trinajstić information content (AvgIpc) is 2.24. The normalized spacial score (nSPS) is 32.9. The number of aliphatic hydroxyl groups is 1. The minimum Gasteiger partial charge on any atom is -0.382 e. The molecule has 0 bridgehead atoms. The van der Waals surface area contributed by atoms with Crippen LogP contribution < -0.4 is 5.32 Å². The molecule has 2 heterocycles. The fourth-order valence-corrected chi connectivity index (χ4v) is 1.75. The zero-order valence-electron chi connectivity index (χ0n) is 8.27. The van der Waals surface area contributed by atoms with Gasteiger partial charge < -0.3 is 10.4 Å². The lowest BCUT2D eigenvalue weighted by atomic mass is 9.88. The highest BCUT2D eigenvalue weighted by Crippen LogP contribution is 2.27. The molecule has 0 aliphatic carbocycles. The molecule has 0 amide bonds. The van der Waals surface area contributed by atoms with Crippen molar-refractivity contribution >= 4 is 0 Å². The van der Waals surface area contributed by atoms with E-state index >= 15 is 0 Å². The minimum atomic E-state index is -0.833. The van der Waals surface area contributed by atoms with E-state index in [9.17, 15) is 5.11 Å². The van der Waals surface area contributed by atoms with Crippen LogP contribution in [-0.4, -0.2) is 27.7 Å². The first-order valence-corrected chi connectivity index (χ1v) is 4.93. The number of nitrogens with one attached hydrogen (secondary N) is 1. The Morgan fingerprint density at radius 2 is 2.43 bits per heavy atom. The summed E-state index contributed by atoms with van der Waals surface area (Å²) in [5, 5.41) is 13.5. The van der Waals surface area contributed by atoms with E-state index in [4.69, 9.17) is 0 Å². The van der Waals surface area contributed by atoms with Crippen LogP contribution in [0.4, 0.5) is 0 Å². The van der Waals surface area contributed by atoms with E-state index in [0.717, 1.165) is 12.8 Å². The van der Waals surface area contributed by atoms with Crippen molar-refractivity contribution in [2.75, 3.05) is 6.54 Å². The van der Waals surface area contributed by atoms with Crippen LogP contribution in [0.1, 0.15) is 25.5 Å². The predicted octanol–water partition coefficient (Wildman–Crippen LogP) is 0.436. The number of hydrogen-bond donors (Lipinski definition) is 2. The molecule has 14 heavy (non-hydrogen) atoms. The Labute approximate surface area is 83.4 Å². The van der Waals surface area contributed by atoms with Crippen molar-refractivity contribution in [1.29, 1.82) is 0 Å². The van der Waals surface area contributed by atoms with Gasteiger partial charge in [0.25, 0.3) is 0 Å². The zero-order valence-corrected chi connectivity index (χ0v) is 8.27. The highest BCUT2D eigenvalue weighted by Gasteiger charge is 2.34. The van der Waals surface area contributed by atoms with Gasteiger partial charge in [0, 0.05) is 25.0 Å². The first-order chi connectivity index (χ1) is 6.71. The summed E-state index contributed by atoms with van der Waals surface area (Å²) in [6.07, 6.45) is 6.58. The number of rotatable bonds is 1. The fraction of sp³-hybridized carbons (Fsp3) is 0.600. The third-order valence-corrected chi connectivity index (χ3v) is 2.77. The molecule has 2 rings (SSSR count). The van der Waals surface area contributed by atoms with Gasteiger partial charge >= 0.3 is 0 Å². The topological polar surface area (TPSA) is 58.0 Å². The fourth-order valence-electron chi connectivity index (χ4n) is 1.75. The Kier molecular flexibility index (Phi) is 2.48. The summed E-state index contributed by atoms with van der Waals surface area (Å²) in [5.74, 6) is 0. The molecule has 4 heteroatoms. The first kappa shape index (κ1) is 9.55. The number of β-amino-alcohol motifs (C(OH)–C–C–N with tert-alkyl or cyclic N) is 1. The number of hydrogen-bond acceptors (Lipinski definition) is 4. The van der Waals surface area contributed by atoms with E-state index in [1.807, 2.05) is 0 Å². The number of nitrogens with zero attached hydrogens (tertiary/aromatic N) is 2. The van der Waals surface area contributed by atoms with Gasteiger partial charge in [-0.1, -0.05) is 0 Å². The third-order valence-electron chi connectivity index (χ3n) is 2.77. The van der Waals surface area contributed by atoms with Crippen LogP contribution in [0.3, 0.4) is 0 Å². The van der Waals surface area contributed by atoms with E-state index in [0.29, 0.717) is 18.3 Å². The molecule has 1 aliphatic rings. The molecular weight excluding hydrogens is 178 g/mol. The van der Waals surface area contributed by atoms with Crippen LogP contribution in [0, 0.1) is 0 Å². The van der Waals surface area contributed by atoms with Crippen LogP contribution in [0.5, 0.6) is 0 Å². The van der Waals surface area contributed by atoms with Gasteiger partial charge in [-0.3, -0.25) is 9.97 Å². The second-order valence-corrected chi connectivity index (χ2v) is 3.94. The van der Waals surface area contributed by atoms with Gasteiger partial charge in [0.2, 0.25) is 0 Å². The lowest BCUT2D eigenvalue weighted by Crippen LogP contribution is -2.47. The highest BCUT2D eigenvalue weighted by atomic mass is 16.3. The number of aromatic nitrogens is 2. The summed E-state index contributed by atoms with van der Waals surface area (Å²) in [6.45, 7) is 2.68. The average molecular weight is 193 g/mol. The predicted molar refractivity (Wildman–Crippen MR) is 52.6 cm³/mol. The Balaban J connectivity index is 2.17. The SMILES string of the molecule is CC1CCC(O)(c2cnccn2)CN1. The molecule has 0 radical (unpaired) electrons. The molecule has 4 nitrogen and oxygen atoms in total. The maximum atomic E-state index is 10.3. The van der Waals surface area contributed by atoms with E-state index in [1.165, 1.54) is 0 Å². The van der Waals surface area contributed by atoms with Crippen LogP contribution in [0.25, 0.3) is 0 Å². The molecule has 2 atom stereocenters. The Bertz CT molecular complexity index is 293. The molecule has 2 N–H and O–H groups in total. The van der Waals surface area contributed by atoms with Crippen molar-refractivity contribution < 1.29 is 5.11 Å². The van der Waals surface area contributed by atoms with Gasteiger partial charge in [-0.15, -0.1) is 0 Å². The van der Waals surface area contributed by atoms with Crippen LogP contribution >= 0.6 is 0 Å². The van der Waals surface area contributed by atoms with Crippen LogP contribution in [0.2, 0.25) is 0 Å². The standard InChI is InChI=1S/C10H15N3O/c1-8-2-3-10(14,7-13-8)9-6-11-4-5-12-9/h4-6,8,13-14H,2-3,7H2,1H3. The second kappa shape index (κ2) is 3.63. The summed E-state index contributed by atoms with van der Waals surface area (Å²) in [6, 6.07) is 0.479. The van der Waals surface area contributed by atoms with Crippen molar-refractivity contribution in [2.24, 2.45) is 0 Å². The van der Waals surface area contributed by atoms with E-state index in [1.54, 1.807) is 18.6 Å². The smallest absolute Gasteiger partial charge is 0.120 e. The molecule has 0 saturated carbocycles. The van der Waals surface area contributed by atoms with Gasteiger partial charge in [0.1, 0.15) is 5.60 Å². The van der Waals surface area contributed by atoms with Crippen molar-refractivity contribution in [3.63, 3.8) is 0 Å². The molecular formula is C10H15N3O. The molecule has 1 aromatic heterocycles. The lowest BCUT2D eigenvalue weighted by Gasteiger charge is -2.34. The molecule has 1 aliphatic heterocycles. The summed E-state index contributed by atoms with van der Waals surface area (Å²) >= 11 is 0. The van der Waals surface area contributed by atoms with Crippen molar-refractivity contribution in [3.05, 3.63) is 24.3 Å². The van der Waals surface area contributed by atoms with Crippen LogP contribution in [0.15, 0.2) is 18.6 Å². The molecule has 76 valence electrons. The summed E-state index contributed by atoms with van der Waals surface area (Å²) in [5.41, 5.74) is -0.166. The molecule has 1 aromatic rings. The minimum absolute atomic E-state index is 0.479. The Hall–Kier alpha value is -1.00. The van der Waals surface area contributed by atoms with Gasteiger partial charge in [0.05, 0.1) is 11.9 Å². The van der Waals surface area contributed by atoms with Crippen molar-refractivity contribution in [3.8, 4) is 0 Å². The number of piperidine rings is 1. The maximum absolute atomic E-state index is 10.3. The Morgan fingerprint density at radius 1 is 1.57 bits per heavy atom. The third kappa shape index (κ3) is 1.76. The van der Waals surface area contributed by atoms with Crippen LogP contribution in [-0.2, 0) is 5.60 Å². The molecule has 0 spiro atoms. The van der Waals surface area contributed by atoms with E-state index in [2.05, 4.69) is 22.2 Å². The van der Waals surface area contributed by atoms with Gasteiger partial charge in [-0.25, -0.2) is 0 Å². The maximum Gasteiger partial charge on any atom is 0.120 e. The summed E-state index contributed by atoms with van der Waals surface area (Å²) in [7, 11) is 0. The quantitative estimate of drug-likeness (QED) is 0.679. The van der Waals surface area contributed by atoms with Gasteiger partial charge in [-0.2, -0.15) is 0 Å². The van der Waals surface area contributed by atoms with E-state index < -0.39 is 5.60 Å². The Morgan fingerprint density at radius 3 is 3.00 bits per heavy atom. The van der Waals surface area contributed by atoms with Gasteiger partial charge in [-0.05, 0) is 19.8 Å². The summed E-state index contributed by atoms with van der Waals surface area (Å²) < 4.78 is 0. The van der Waals surface area contributed by atoms with Crippen molar-refractivity contribution in [2.45, 2.75) is 31.4 Å². The summed E-state index contributed by atoms with van der Waals surface area (Å²) in [4.78, 5) is 8.12. The molecule has 2 unspecified atom stereocenters. The monoisotopic (exact) mass is 193 g/mol. The molecule has 0 aromatic carbocycles. The zero-order chi connectivity index (χ0) is 10.0. The lowest BCUT2D eigenvalue weighted by molar-refractivity contribution is -0.000539. The molecule has 1 saturated heterocycles. The van der Waals surface area contributed by atoms with Gasteiger partial charge in [0.15, 0.2) is 0 Å².